The number of hydrogen-bond acceptors (Lipinski definition) is 4. The Morgan fingerprint density at radius 1 is 1.23 bits per heavy atom. The maximum Gasteiger partial charge on any atom is 0.125 e. The van der Waals surface area contributed by atoms with Crippen LogP contribution in [0.4, 0.5) is 11.4 Å². The predicted octanol–water partition coefficient (Wildman–Crippen LogP) is 3.41. The molecule has 1 aliphatic rings. The summed E-state index contributed by atoms with van der Waals surface area (Å²) in [6.45, 7) is 5.08. The Morgan fingerprint density at radius 3 is 2.68 bits per heavy atom. The summed E-state index contributed by atoms with van der Waals surface area (Å²) >= 11 is 0. The van der Waals surface area contributed by atoms with Crippen molar-refractivity contribution < 1.29 is 9.52 Å². The number of nitrogens with one attached hydrogen (secondary N) is 1. The van der Waals surface area contributed by atoms with Gasteiger partial charge < -0.3 is 19.7 Å². The first-order valence-electron chi connectivity index (χ1n) is 7.99. The van der Waals surface area contributed by atoms with Crippen molar-refractivity contribution in [2.75, 3.05) is 29.9 Å². The fraction of sp³-hybridized carbons (Fsp3) is 0.444. The predicted molar refractivity (Wildman–Crippen MR) is 89.2 cm³/mol. The minimum atomic E-state index is 0.311. The fourth-order valence-corrected chi connectivity index (χ4v) is 3.02. The van der Waals surface area contributed by atoms with Gasteiger partial charge in [0, 0.05) is 19.7 Å². The third-order valence-electron chi connectivity index (χ3n) is 4.53. The van der Waals surface area contributed by atoms with Crippen LogP contribution in [0.2, 0.25) is 0 Å². The van der Waals surface area contributed by atoms with Gasteiger partial charge in [-0.2, -0.15) is 0 Å². The number of hydrogen-bond donors (Lipinski definition) is 2. The number of aliphatic hydroxyl groups is 1. The smallest absolute Gasteiger partial charge is 0.125 e. The first kappa shape index (κ1) is 15.0. The van der Waals surface area contributed by atoms with E-state index in [0.29, 0.717) is 19.1 Å². The van der Waals surface area contributed by atoms with Crippen molar-refractivity contribution in [3.63, 3.8) is 0 Å². The molecule has 4 nitrogen and oxygen atoms in total. The van der Waals surface area contributed by atoms with Crippen LogP contribution in [0.3, 0.4) is 0 Å². The Balaban J connectivity index is 1.69. The molecule has 3 rings (SSSR count). The molecule has 0 unspecified atom stereocenters. The minimum absolute atomic E-state index is 0.311. The molecular weight excluding hydrogens is 276 g/mol. The van der Waals surface area contributed by atoms with Crippen molar-refractivity contribution in [2.24, 2.45) is 5.92 Å². The lowest BCUT2D eigenvalue weighted by Crippen LogP contribution is -2.35. The first-order chi connectivity index (χ1) is 10.8. The van der Waals surface area contributed by atoms with Crippen LogP contribution in [0.25, 0.3) is 0 Å². The summed E-state index contributed by atoms with van der Waals surface area (Å²) in [6, 6.07) is 10.4. The van der Waals surface area contributed by atoms with Crippen molar-refractivity contribution in [1.29, 1.82) is 0 Å². The van der Waals surface area contributed by atoms with Crippen LogP contribution >= 0.6 is 0 Å². The lowest BCUT2D eigenvalue weighted by Gasteiger charge is -2.34. The van der Waals surface area contributed by atoms with Gasteiger partial charge in [-0.05, 0) is 49.4 Å². The molecular formula is C18H24N2O2. The van der Waals surface area contributed by atoms with Crippen LogP contribution in [-0.2, 0) is 6.54 Å². The zero-order valence-electron chi connectivity index (χ0n) is 13.1. The van der Waals surface area contributed by atoms with E-state index in [2.05, 4.69) is 41.4 Å². The Kier molecular flexibility index (Phi) is 4.68. The van der Waals surface area contributed by atoms with Gasteiger partial charge in [-0.15, -0.1) is 0 Å². The van der Waals surface area contributed by atoms with Crippen molar-refractivity contribution in [3.05, 3.63) is 47.9 Å². The number of aliphatic hydroxyl groups excluding tert-OH is 1. The zero-order chi connectivity index (χ0) is 15.4. The second-order valence-electron chi connectivity index (χ2n) is 6.01. The fourth-order valence-electron chi connectivity index (χ4n) is 3.02. The van der Waals surface area contributed by atoms with E-state index in [4.69, 9.17) is 4.42 Å². The number of benzene rings is 1. The van der Waals surface area contributed by atoms with Crippen molar-refractivity contribution in [1.82, 2.24) is 0 Å². The zero-order valence-corrected chi connectivity index (χ0v) is 13.1. The molecule has 0 atom stereocenters. The summed E-state index contributed by atoms with van der Waals surface area (Å²) in [5.74, 6) is 1.44. The highest BCUT2D eigenvalue weighted by Crippen LogP contribution is 2.30. The highest BCUT2D eigenvalue weighted by Gasteiger charge is 2.20. The molecule has 4 heteroatoms. The van der Waals surface area contributed by atoms with Crippen molar-refractivity contribution in [2.45, 2.75) is 26.3 Å². The summed E-state index contributed by atoms with van der Waals surface area (Å²) in [6.07, 6.45) is 3.85. The number of aryl methyl sites for hydroxylation is 1. The number of piperidine rings is 1. The molecule has 0 spiro atoms. The molecule has 2 aromatic rings. The molecule has 1 aromatic carbocycles. The number of rotatable bonds is 5. The van der Waals surface area contributed by atoms with Crippen LogP contribution in [-0.4, -0.2) is 24.8 Å². The third-order valence-corrected chi connectivity index (χ3v) is 4.53. The van der Waals surface area contributed by atoms with Gasteiger partial charge >= 0.3 is 0 Å². The molecule has 1 aromatic heterocycles. The van der Waals surface area contributed by atoms with E-state index < -0.39 is 0 Å². The van der Waals surface area contributed by atoms with E-state index >= 15 is 0 Å². The van der Waals surface area contributed by atoms with Gasteiger partial charge in [0.2, 0.25) is 0 Å². The Labute approximate surface area is 131 Å². The Hall–Kier alpha value is -1.94. The summed E-state index contributed by atoms with van der Waals surface area (Å²) in [5.41, 5.74) is 3.55. The summed E-state index contributed by atoms with van der Waals surface area (Å²) in [4.78, 5) is 2.41. The number of nitrogens with zero attached hydrogens (tertiary/aromatic N) is 1. The second kappa shape index (κ2) is 6.88. The maximum absolute atomic E-state index is 9.28. The van der Waals surface area contributed by atoms with Crippen LogP contribution in [0, 0.1) is 12.8 Å². The molecule has 0 amide bonds. The number of anilines is 2. The van der Waals surface area contributed by atoms with E-state index in [1.807, 2.05) is 6.07 Å². The molecule has 22 heavy (non-hydrogen) atoms. The second-order valence-corrected chi connectivity index (χ2v) is 6.01. The summed E-state index contributed by atoms with van der Waals surface area (Å²) in [7, 11) is 0. The van der Waals surface area contributed by atoms with E-state index in [1.54, 1.807) is 6.26 Å². The van der Waals surface area contributed by atoms with Crippen LogP contribution in [0.5, 0.6) is 0 Å². The van der Waals surface area contributed by atoms with Crippen LogP contribution < -0.4 is 10.2 Å². The topological polar surface area (TPSA) is 48.6 Å². The highest BCUT2D eigenvalue weighted by atomic mass is 16.3. The molecule has 1 saturated heterocycles. The molecule has 2 heterocycles. The molecule has 0 radical (unpaired) electrons. The lowest BCUT2D eigenvalue weighted by molar-refractivity contribution is 0.203. The lowest BCUT2D eigenvalue weighted by atomic mass is 9.97. The van der Waals surface area contributed by atoms with E-state index in [9.17, 15) is 5.11 Å². The van der Waals surface area contributed by atoms with E-state index in [1.165, 1.54) is 11.3 Å². The van der Waals surface area contributed by atoms with Crippen molar-refractivity contribution in [3.8, 4) is 0 Å². The van der Waals surface area contributed by atoms with Gasteiger partial charge in [0.25, 0.3) is 0 Å². The van der Waals surface area contributed by atoms with Crippen molar-refractivity contribution >= 4 is 11.4 Å². The molecule has 0 aliphatic carbocycles. The average molecular weight is 300 g/mol. The van der Waals surface area contributed by atoms with Gasteiger partial charge in [-0.3, -0.25) is 0 Å². The average Bonchev–Trinajstić information content (AvgIpc) is 2.98. The Bertz CT molecular complexity index is 601. The van der Waals surface area contributed by atoms with Gasteiger partial charge in [0.15, 0.2) is 0 Å². The number of para-hydroxylation sites is 2. The number of furan rings is 1. The molecule has 0 saturated carbocycles. The standard InChI is InChI=1S/C18H24N2O2/c1-14-8-11-22-18(14)12-19-16-4-2-3-5-17(16)20-9-6-15(13-21)7-10-20/h2-5,8,11,15,19,21H,6-7,9-10,12-13H2,1H3. The normalized spacial score (nSPS) is 16.0. The van der Waals surface area contributed by atoms with Crippen LogP contribution in [0.15, 0.2) is 41.0 Å². The molecule has 0 bridgehead atoms. The molecule has 118 valence electrons. The maximum atomic E-state index is 9.28. The third kappa shape index (κ3) is 3.28. The molecule has 1 fully saturated rings. The monoisotopic (exact) mass is 300 g/mol. The van der Waals surface area contributed by atoms with E-state index in [0.717, 1.165) is 37.4 Å². The van der Waals surface area contributed by atoms with Gasteiger partial charge in [-0.1, -0.05) is 12.1 Å². The Morgan fingerprint density at radius 2 is 2.00 bits per heavy atom. The quantitative estimate of drug-likeness (QED) is 0.888. The first-order valence-corrected chi connectivity index (χ1v) is 7.99. The molecule has 2 N–H and O–H groups in total. The van der Waals surface area contributed by atoms with E-state index in [-0.39, 0.29) is 0 Å². The summed E-state index contributed by atoms with van der Waals surface area (Å²) in [5, 5.41) is 12.8. The van der Waals surface area contributed by atoms with Gasteiger partial charge in [0.1, 0.15) is 5.76 Å². The summed E-state index contributed by atoms with van der Waals surface area (Å²) < 4.78 is 5.50. The largest absolute Gasteiger partial charge is 0.467 e. The van der Waals surface area contributed by atoms with Crippen LogP contribution in [0.1, 0.15) is 24.2 Å². The van der Waals surface area contributed by atoms with Gasteiger partial charge in [-0.25, -0.2) is 0 Å². The minimum Gasteiger partial charge on any atom is -0.467 e. The molecule has 1 aliphatic heterocycles. The SMILES string of the molecule is Cc1ccoc1CNc1ccccc1N1CCC(CO)CC1. The van der Waals surface area contributed by atoms with Gasteiger partial charge in [0.05, 0.1) is 24.2 Å². The highest BCUT2D eigenvalue weighted by molar-refractivity contribution is 5.70.